The molecule has 0 bridgehead atoms. The number of benzene rings is 2. The molecular weight excluding hydrogens is 529 g/mol. The number of rotatable bonds is 0. The van der Waals surface area contributed by atoms with Gasteiger partial charge in [0.05, 0.1) is 20.1 Å². The summed E-state index contributed by atoms with van der Waals surface area (Å²) in [5.41, 5.74) is 0. The molecule has 0 heterocycles. The number of phenolic OH excluding ortho intramolecular Hbond substituents is 2. The van der Waals surface area contributed by atoms with Gasteiger partial charge in [-0.1, -0.05) is 58.5 Å². The Labute approximate surface area is 210 Å². The summed E-state index contributed by atoms with van der Waals surface area (Å²) in [7, 11) is 0. The van der Waals surface area contributed by atoms with Gasteiger partial charge in [-0.15, -0.1) is 12.8 Å². The molecule has 2 N–H and O–H groups in total. The van der Waals surface area contributed by atoms with E-state index in [0.29, 0.717) is 0 Å². The molecule has 0 fully saturated rings. The van der Waals surface area contributed by atoms with E-state index in [9.17, 15) is 0 Å². The molecule has 0 unspecified atom stereocenters. The van der Waals surface area contributed by atoms with Crippen molar-refractivity contribution in [1.29, 1.82) is 0 Å². The summed E-state index contributed by atoms with van der Waals surface area (Å²) in [4.78, 5) is 0. The van der Waals surface area contributed by atoms with Crippen LogP contribution in [0.15, 0.2) is 72.9 Å². The van der Waals surface area contributed by atoms with Crippen LogP contribution in [-0.2, 0) is 26.2 Å². The number of hydrogen-bond donors (Lipinski definition) is 2. The maximum Gasteiger partial charge on any atom is 2.00 e. The average molecular weight is 547 g/mol. The Hall–Kier alpha value is -0.957. The third-order valence-electron chi connectivity index (χ3n) is 3.05. The predicted molar refractivity (Wildman–Crippen MR) is 119 cm³/mol. The first-order valence-corrected chi connectivity index (χ1v) is 9.64. The molecule has 2 aliphatic rings. The second kappa shape index (κ2) is 16.8. The Kier molecular flexibility index (Phi) is 16.2. The van der Waals surface area contributed by atoms with E-state index in [1.807, 2.05) is 24.3 Å². The van der Waals surface area contributed by atoms with Crippen molar-refractivity contribution in [2.45, 2.75) is 12.8 Å². The molecule has 2 nitrogen and oxygen atoms in total. The van der Waals surface area contributed by atoms with Crippen LogP contribution in [0.1, 0.15) is 12.8 Å². The third-order valence-corrected chi connectivity index (χ3v) is 4.27. The van der Waals surface area contributed by atoms with Crippen molar-refractivity contribution in [2.24, 2.45) is 0 Å². The quantitative estimate of drug-likeness (QED) is 0.328. The first kappa shape index (κ1) is 28.0. The minimum absolute atomic E-state index is 0. The summed E-state index contributed by atoms with van der Waals surface area (Å²) in [6, 6.07) is 9.63. The second-order valence-electron chi connectivity index (χ2n) is 5.15. The number of halogens is 4. The molecule has 0 amide bonds. The monoisotopic (exact) mass is 544 g/mol. The molecule has 0 aromatic heterocycles. The van der Waals surface area contributed by atoms with Crippen LogP contribution in [0, 0.1) is 12.2 Å². The summed E-state index contributed by atoms with van der Waals surface area (Å²) < 4.78 is 0. The second-order valence-corrected chi connectivity index (χ2v) is 6.78. The molecule has 7 heteroatoms. The van der Waals surface area contributed by atoms with Crippen LogP contribution in [0.25, 0.3) is 0 Å². The summed E-state index contributed by atoms with van der Waals surface area (Å²) >= 11 is 21.9. The van der Waals surface area contributed by atoms with E-state index in [1.54, 1.807) is 36.4 Å². The smallest absolute Gasteiger partial charge is 0.505 e. The van der Waals surface area contributed by atoms with Gasteiger partial charge in [-0.3, -0.25) is 12.2 Å². The zero-order chi connectivity index (χ0) is 20.8. The fourth-order valence-corrected chi connectivity index (χ4v) is 2.45. The van der Waals surface area contributed by atoms with Gasteiger partial charge in [0.1, 0.15) is 0 Å². The maximum atomic E-state index is 8.94. The van der Waals surface area contributed by atoms with Gasteiger partial charge >= 0.3 is 26.2 Å². The van der Waals surface area contributed by atoms with Crippen LogP contribution in [0.3, 0.4) is 0 Å². The number of allylic oxidation sites excluding steroid dienone is 8. The number of hydrogen-bond acceptors (Lipinski definition) is 2. The van der Waals surface area contributed by atoms with Gasteiger partial charge in [-0.25, -0.2) is 24.3 Å². The van der Waals surface area contributed by atoms with E-state index in [1.165, 1.54) is 0 Å². The van der Waals surface area contributed by atoms with Crippen LogP contribution in [0.2, 0.25) is 20.1 Å². The topological polar surface area (TPSA) is 40.5 Å². The molecule has 2 aromatic rings. The SMILES string of the molecule is Oc1c(Cl)cccc1Cl.Oc1c(Cl)cccc1Cl.[C-]1=CC=CC1.[C-]1=CC=CC1.[Zr+2]. The molecule has 0 atom stereocenters. The van der Waals surface area contributed by atoms with E-state index < -0.39 is 0 Å². The van der Waals surface area contributed by atoms with Crippen LogP contribution in [0.4, 0.5) is 0 Å². The first-order chi connectivity index (χ1) is 13.4. The van der Waals surface area contributed by atoms with Gasteiger partial charge < -0.3 is 10.2 Å². The van der Waals surface area contributed by atoms with E-state index in [4.69, 9.17) is 56.6 Å². The standard InChI is InChI=1S/2C6H4Cl2O.2C5H5.Zr/c2*7-4-2-1-3-5(8)6(4)9;2*1-2-4-5-3-1;/h2*1-3,9H;2*1-3H,4H2;/q;;2*-1;+2. The van der Waals surface area contributed by atoms with Crippen molar-refractivity contribution >= 4 is 46.4 Å². The Morgan fingerprint density at radius 3 is 1.07 bits per heavy atom. The van der Waals surface area contributed by atoms with Crippen molar-refractivity contribution in [3.63, 3.8) is 0 Å². The van der Waals surface area contributed by atoms with E-state index in [2.05, 4.69) is 24.3 Å². The Morgan fingerprint density at radius 2 is 0.931 bits per heavy atom. The van der Waals surface area contributed by atoms with Gasteiger partial charge in [0.15, 0.2) is 11.5 Å². The normalized spacial score (nSPS) is 12.0. The fourth-order valence-electron chi connectivity index (χ4n) is 1.66. The van der Waals surface area contributed by atoms with Gasteiger partial charge in [-0.2, -0.15) is 12.2 Å². The zero-order valence-electron chi connectivity index (χ0n) is 15.2. The maximum absolute atomic E-state index is 8.94. The van der Waals surface area contributed by atoms with Gasteiger partial charge in [0.25, 0.3) is 0 Å². The van der Waals surface area contributed by atoms with Crippen molar-refractivity contribution < 1.29 is 36.4 Å². The van der Waals surface area contributed by atoms with E-state index in [0.717, 1.165) is 12.8 Å². The van der Waals surface area contributed by atoms with Crippen molar-refractivity contribution in [2.75, 3.05) is 0 Å². The van der Waals surface area contributed by atoms with Crippen LogP contribution in [-0.4, -0.2) is 10.2 Å². The van der Waals surface area contributed by atoms with Gasteiger partial charge in [0.2, 0.25) is 0 Å². The molecule has 2 aromatic carbocycles. The molecule has 150 valence electrons. The molecule has 0 spiro atoms. The van der Waals surface area contributed by atoms with Crippen molar-refractivity contribution in [1.82, 2.24) is 0 Å². The van der Waals surface area contributed by atoms with Crippen molar-refractivity contribution in [3.05, 3.63) is 105 Å². The van der Waals surface area contributed by atoms with Gasteiger partial charge in [0, 0.05) is 0 Å². The number of aromatic hydroxyl groups is 2. The fraction of sp³-hybridized carbons (Fsp3) is 0.0909. The van der Waals surface area contributed by atoms with Crippen LogP contribution in [0.5, 0.6) is 11.5 Å². The molecule has 4 rings (SSSR count). The summed E-state index contributed by atoms with van der Waals surface area (Å²) in [5, 5.41) is 19.0. The molecule has 0 saturated carbocycles. The zero-order valence-corrected chi connectivity index (χ0v) is 20.7. The Bertz CT molecular complexity index is 730. The molecular formula is C22H18Cl4O2Zr. The molecule has 0 aliphatic heterocycles. The number of phenols is 2. The molecule has 0 radical (unpaired) electrons. The largest absolute Gasteiger partial charge is 2.00 e. The molecule has 0 saturated heterocycles. The number of para-hydroxylation sites is 2. The summed E-state index contributed by atoms with van der Waals surface area (Å²) in [5.74, 6) is -0.110. The van der Waals surface area contributed by atoms with Crippen LogP contribution < -0.4 is 0 Å². The first-order valence-electron chi connectivity index (χ1n) is 8.13. The van der Waals surface area contributed by atoms with Crippen molar-refractivity contribution in [3.8, 4) is 11.5 Å². The predicted octanol–water partition coefficient (Wildman–Crippen LogP) is 8.01. The minimum atomic E-state index is -0.0548. The molecule has 29 heavy (non-hydrogen) atoms. The summed E-state index contributed by atoms with van der Waals surface area (Å²) in [6.45, 7) is 0. The Balaban J connectivity index is 0.000000369. The van der Waals surface area contributed by atoms with E-state index >= 15 is 0 Å². The Morgan fingerprint density at radius 1 is 0.621 bits per heavy atom. The third kappa shape index (κ3) is 12.4. The minimum Gasteiger partial charge on any atom is -0.505 e. The van der Waals surface area contributed by atoms with Gasteiger partial charge in [-0.05, 0) is 24.3 Å². The average Bonchev–Trinajstić information content (AvgIpc) is 3.43. The van der Waals surface area contributed by atoms with E-state index in [-0.39, 0.29) is 57.8 Å². The summed E-state index contributed by atoms with van der Waals surface area (Å²) in [6.07, 6.45) is 20.0. The molecule has 2 aliphatic carbocycles. The van der Waals surface area contributed by atoms with Crippen LogP contribution >= 0.6 is 46.4 Å².